The summed E-state index contributed by atoms with van der Waals surface area (Å²) in [6.45, 7) is 0. The number of furan rings is 1. The monoisotopic (exact) mass is 705 g/mol. The zero-order valence-corrected chi connectivity index (χ0v) is 29.5. The van der Waals surface area contributed by atoms with Crippen LogP contribution in [0.1, 0.15) is 0 Å². The Bertz CT molecular complexity index is 2920. The van der Waals surface area contributed by atoms with Gasteiger partial charge in [-0.05, 0) is 47.5 Å². The molecule has 0 spiro atoms. The van der Waals surface area contributed by atoms with Gasteiger partial charge in [0.25, 0.3) is 0 Å². The van der Waals surface area contributed by atoms with Crippen molar-refractivity contribution in [1.29, 1.82) is 0 Å². The van der Waals surface area contributed by atoms with Gasteiger partial charge >= 0.3 is 0 Å². The molecule has 6 heteroatoms. The molecule has 0 N–H and O–H groups in total. The second-order valence-corrected chi connectivity index (χ2v) is 13.3. The van der Waals surface area contributed by atoms with E-state index in [-0.39, 0.29) is 0 Å². The first-order valence-electron chi connectivity index (χ1n) is 18.2. The third kappa shape index (κ3) is 6.32. The molecule has 0 amide bonds. The van der Waals surface area contributed by atoms with E-state index in [0.29, 0.717) is 23.3 Å². The van der Waals surface area contributed by atoms with Crippen LogP contribution in [-0.4, -0.2) is 24.9 Å². The van der Waals surface area contributed by atoms with Gasteiger partial charge in [0, 0.05) is 44.2 Å². The van der Waals surface area contributed by atoms with Gasteiger partial charge in [-0.2, -0.15) is 0 Å². The average molecular weight is 706 g/mol. The smallest absolute Gasteiger partial charge is 0.164 e. The highest BCUT2D eigenvalue weighted by Crippen LogP contribution is 2.35. The predicted octanol–water partition coefficient (Wildman–Crippen LogP) is 12.2. The van der Waals surface area contributed by atoms with Gasteiger partial charge in [-0.15, -0.1) is 0 Å². The van der Waals surface area contributed by atoms with Crippen LogP contribution in [0.15, 0.2) is 192 Å². The van der Waals surface area contributed by atoms with Gasteiger partial charge in [0.15, 0.2) is 23.3 Å². The van der Waals surface area contributed by atoms with Crippen molar-refractivity contribution in [2.24, 2.45) is 0 Å². The normalized spacial score (nSPS) is 11.3. The molecule has 0 fully saturated rings. The lowest BCUT2D eigenvalue weighted by molar-refractivity contribution is 0.669. The van der Waals surface area contributed by atoms with Crippen molar-refractivity contribution in [2.45, 2.75) is 0 Å². The number of fused-ring (bicyclic) bond motifs is 3. The molecule has 0 atom stereocenters. The summed E-state index contributed by atoms with van der Waals surface area (Å²) in [5.74, 6) is 2.53. The molecule has 0 unspecified atom stereocenters. The van der Waals surface area contributed by atoms with E-state index >= 15 is 0 Å². The van der Waals surface area contributed by atoms with E-state index in [1.54, 1.807) is 0 Å². The third-order valence-corrected chi connectivity index (χ3v) is 9.74. The first-order valence-corrected chi connectivity index (χ1v) is 18.2. The highest BCUT2D eigenvalue weighted by atomic mass is 16.3. The number of hydrogen-bond donors (Lipinski definition) is 0. The van der Waals surface area contributed by atoms with Gasteiger partial charge in [-0.3, -0.25) is 0 Å². The summed E-state index contributed by atoms with van der Waals surface area (Å²) >= 11 is 0. The molecule has 0 aliphatic rings. The summed E-state index contributed by atoms with van der Waals surface area (Å²) in [5.41, 5.74) is 11.1. The number of hydrogen-bond acceptors (Lipinski definition) is 6. The van der Waals surface area contributed by atoms with Crippen molar-refractivity contribution in [3.8, 4) is 79.2 Å². The molecule has 10 rings (SSSR count). The first-order chi connectivity index (χ1) is 27.2. The lowest BCUT2D eigenvalue weighted by Crippen LogP contribution is -2.00. The van der Waals surface area contributed by atoms with Crippen LogP contribution in [0.25, 0.3) is 101 Å². The van der Waals surface area contributed by atoms with Gasteiger partial charge < -0.3 is 4.42 Å². The van der Waals surface area contributed by atoms with E-state index in [2.05, 4.69) is 72.8 Å². The molecule has 7 aromatic carbocycles. The second kappa shape index (κ2) is 13.8. The van der Waals surface area contributed by atoms with Crippen molar-refractivity contribution in [1.82, 2.24) is 24.9 Å². The molecule has 0 saturated carbocycles. The summed E-state index contributed by atoms with van der Waals surface area (Å²) < 4.78 is 6.25. The van der Waals surface area contributed by atoms with Crippen molar-refractivity contribution in [3.63, 3.8) is 0 Å². The Morgan fingerprint density at radius 2 is 0.673 bits per heavy atom. The fourth-order valence-corrected chi connectivity index (χ4v) is 6.98. The van der Waals surface area contributed by atoms with Crippen LogP contribution in [0.2, 0.25) is 0 Å². The van der Waals surface area contributed by atoms with E-state index in [1.807, 2.05) is 115 Å². The standard InChI is InChI=1S/C49H31N5O/c1-4-14-32(15-5-1)46-50-42(31-43(51-46)38-26-27-41-40-24-10-11-25-44(40)55-45(41)30-38)37-22-12-20-35(28-37)36-21-13-23-39(29-36)49-53-47(33-16-6-2-7-17-33)52-48(54-49)34-18-8-3-9-19-34/h1-31H. The second-order valence-electron chi connectivity index (χ2n) is 13.3. The van der Waals surface area contributed by atoms with Crippen molar-refractivity contribution in [2.75, 3.05) is 0 Å². The van der Waals surface area contributed by atoms with Crippen LogP contribution in [0, 0.1) is 0 Å². The summed E-state index contributed by atoms with van der Waals surface area (Å²) in [5, 5.41) is 2.18. The Labute approximate surface area is 317 Å². The minimum atomic E-state index is 0.611. The Morgan fingerprint density at radius 3 is 1.27 bits per heavy atom. The van der Waals surface area contributed by atoms with E-state index in [0.717, 1.165) is 77.8 Å². The molecule has 6 nitrogen and oxygen atoms in total. The number of benzene rings is 7. The van der Waals surface area contributed by atoms with Crippen LogP contribution >= 0.6 is 0 Å². The summed E-state index contributed by atoms with van der Waals surface area (Å²) in [7, 11) is 0. The van der Waals surface area contributed by atoms with Gasteiger partial charge in [-0.25, -0.2) is 24.9 Å². The molecule has 0 aliphatic carbocycles. The zero-order chi connectivity index (χ0) is 36.6. The molecule has 3 heterocycles. The maximum absolute atomic E-state index is 6.25. The van der Waals surface area contributed by atoms with Crippen molar-refractivity contribution >= 4 is 21.9 Å². The Morgan fingerprint density at radius 1 is 0.255 bits per heavy atom. The van der Waals surface area contributed by atoms with E-state index in [4.69, 9.17) is 29.3 Å². The molecule has 10 aromatic rings. The lowest BCUT2D eigenvalue weighted by atomic mass is 9.99. The fraction of sp³-hybridized carbons (Fsp3) is 0. The van der Waals surface area contributed by atoms with Crippen molar-refractivity contribution in [3.05, 3.63) is 188 Å². The van der Waals surface area contributed by atoms with Crippen LogP contribution in [0.4, 0.5) is 0 Å². The Kier molecular flexibility index (Phi) is 8.04. The first kappa shape index (κ1) is 32.1. The quantitative estimate of drug-likeness (QED) is 0.164. The van der Waals surface area contributed by atoms with Crippen LogP contribution < -0.4 is 0 Å². The summed E-state index contributed by atoms with van der Waals surface area (Å²) in [6, 6.07) is 63.5. The average Bonchev–Trinajstić information content (AvgIpc) is 3.65. The summed E-state index contributed by atoms with van der Waals surface area (Å²) in [6.07, 6.45) is 0. The predicted molar refractivity (Wildman–Crippen MR) is 221 cm³/mol. The molecule has 55 heavy (non-hydrogen) atoms. The Balaban J connectivity index is 1.06. The lowest BCUT2D eigenvalue weighted by Gasteiger charge is -2.12. The van der Waals surface area contributed by atoms with Crippen LogP contribution in [-0.2, 0) is 0 Å². The van der Waals surface area contributed by atoms with Gasteiger partial charge in [-0.1, -0.05) is 152 Å². The molecule has 0 saturated heterocycles. The summed E-state index contributed by atoms with van der Waals surface area (Å²) in [4.78, 5) is 25.0. The molecule has 0 radical (unpaired) electrons. The minimum Gasteiger partial charge on any atom is -0.456 e. The number of para-hydroxylation sites is 1. The number of aromatic nitrogens is 5. The highest BCUT2D eigenvalue weighted by Gasteiger charge is 2.16. The highest BCUT2D eigenvalue weighted by molar-refractivity contribution is 6.05. The molecular formula is C49H31N5O. The minimum absolute atomic E-state index is 0.611. The maximum atomic E-state index is 6.25. The molecule has 3 aromatic heterocycles. The van der Waals surface area contributed by atoms with E-state index < -0.39 is 0 Å². The van der Waals surface area contributed by atoms with E-state index in [9.17, 15) is 0 Å². The SMILES string of the molecule is c1ccc(-c2nc(-c3cccc(-c4cccc(-c5nc(-c6ccccc6)nc(-c6ccccc6)n5)c4)c3)cc(-c3ccc4c(c3)oc3ccccc34)n2)cc1. The van der Waals surface area contributed by atoms with Crippen LogP contribution in [0.3, 0.4) is 0 Å². The fourth-order valence-electron chi connectivity index (χ4n) is 6.98. The third-order valence-electron chi connectivity index (χ3n) is 9.74. The number of nitrogens with zero attached hydrogens (tertiary/aromatic N) is 5. The molecule has 0 aliphatic heterocycles. The van der Waals surface area contributed by atoms with Gasteiger partial charge in [0.2, 0.25) is 0 Å². The molecular weight excluding hydrogens is 675 g/mol. The van der Waals surface area contributed by atoms with Gasteiger partial charge in [0.05, 0.1) is 11.4 Å². The van der Waals surface area contributed by atoms with Crippen LogP contribution in [0.5, 0.6) is 0 Å². The maximum Gasteiger partial charge on any atom is 0.164 e. The largest absolute Gasteiger partial charge is 0.456 e. The Hall–Kier alpha value is -7.57. The topological polar surface area (TPSA) is 77.6 Å². The van der Waals surface area contributed by atoms with Crippen molar-refractivity contribution < 1.29 is 4.42 Å². The number of rotatable bonds is 7. The van der Waals surface area contributed by atoms with E-state index in [1.165, 1.54) is 0 Å². The molecule has 0 bridgehead atoms. The molecule has 258 valence electrons. The van der Waals surface area contributed by atoms with Gasteiger partial charge in [0.1, 0.15) is 11.2 Å². The zero-order valence-electron chi connectivity index (χ0n) is 29.5.